The Balaban J connectivity index is 1.35. The molecule has 0 aromatic heterocycles. The van der Waals surface area contributed by atoms with E-state index < -0.39 is 0 Å². The Labute approximate surface area is 214 Å². The van der Waals surface area contributed by atoms with Crippen molar-refractivity contribution < 1.29 is 9.53 Å². The molecule has 2 saturated heterocycles. The van der Waals surface area contributed by atoms with Crippen LogP contribution in [-0.4, -0.2) is 37.0 Å². The third kappa shape index (κ3) is 3.97. The number of nitrogens with zero attached hydrogens (tertiary/aromatic N) is 1. The third-order valence-corrected chi connectivity index (χ3v) is 8.89. The highest BCUT2D eigenvalue weighted by Gasteiger charge is 2.53. The van der Waals surface area contributed by atoms with E-state index in [0.29, 0.717) is 25.7 Å². The van der Waals surface area contributed by atoms with E-state index in [-0.39, 0.29) is 23.3 Å². The maximum Gasteiger partial charge on any atom is 0.228 e. The van der Waals surface area contributed by atoms with Crippen molar-refractivity contribution in [1.82, 2.24) is 10.2 Å². The second-order valence-corrected chi connectivity index (χ2v) is 10.7. The Hall–Kier alpha value is -2.95. The normalized spacial score (nSPS) is 27.7. The van der Waals surface area contributed by atoms with Crippen molar-refractivity contribution in [3.8, 4) is 0 Å². The predicted molar refractivity (Wildman–Crippen MR) is 143 cm³/mol. The topological polar surface area (TPSA) is 41.6 Å². The van der Waals surface area contributed by atoms with E-state index in [4.69, 9.17) is 4.74 Å². The highest BCUT2D eigenvalue weighted by Crippen LogP contribution is 2.46. The maximum absolute atomic E-state index is 14.5. The molecule has 2 fully saturated rings. The van der Waals surface area contributed by atoms with Crippen LogP contribution in [0.15, 0.2) is 78.9 Å². The average Bonchev–Trinajstić information content (AvgIpc) is 3.37. The van der Waals surface area contributed by atoms with Crippen molar-refractivity contribution in [3.05, 3.63) is 107 Å². The molecular formula is C32H36N2O2. The molecule has 0 saturated carbocycles. The molecule has 186 valence electrons. The average molecular weight is 481 g/mol. The molecule has 3 aliphatic heterocycles. The number of carbonyl (C=O) groups is 1. The molecule has 0 unspecified atom stereocenters. The van der Waals surface area contributed by atoms with Crippen LogP contribution in [0.25, 0.3) is 0 Å². The number of likely N-dealkylation sites (tertiary alicyclic amines) is 1. The van der Waals surface area contributed by atoms with Crippen LogP contribution >= 0.6 is 0 Å². The summed E-state index contributed by atoms with van der Waals surface area (Å²) in [4.78, 5) is 16.7. The lowest BCUT2D eigenvalue weighted by atomic mass is 9.68. The van der Waals surface area contributed by atoms with Gasteiger partial charge >= 0.3 is 0 Å². The van der Waals surface area contributed by atoms with Gasteiger partial charge in [-0.3, -0.25) is 4.79 Å². The second-order valence-electron chi connectivity index (χ2n) is 10.7. The van der Waals surface area contributed by atoms with Crippen LogP contribution in [0, 0.1) is 5.92 Å². The molecule has 0 radical (unpaired) electrons. The smallest absolute Gasteiger partial charge is 0.228 e. The molecule has 4 nitrogen and oxygen atoms in total. The van der Waals surface area contributed by atoms with E-state index in [1.54, 1.807) is 0 Å². The van der Waals surface area contributed by atoms with Gasteiger partial charge in [0.05, 0.1) is 25.2 Å². The molecule has 3 heterocycles. The molecular weight excluding hydrogens is 444 g/mol. The van der Waals surface area contributed by atoms with Gasteiger partial charge in [0, 0.05) is 25.0 Å². The molecule has 4 heteroatoms. The van der Waals surface area contributed by atoms with Crippen molar-refractivity contribution in [2.45, 2.75) is 50.2 Å². The molecule has 3 aromatic carbocycles. The first-order valence-electron chi connectivity index (χ1n) is 13.5. The van der Waals surface area contributed by atoms with E-state index in [9.17, 15) is 4.79 Å². The Morgan fingerprint density at radius 3 is 2.50 bits per heavy atom. The predicted octanol–water partition coefficient (Wildman–Crippen LogP) is 5.38. The van der Waals surface area contributed by atoms with Crippen molar-refractivity contribution in [2.75, 3.05) is 26.2 Å². The summed E-state index contributed by atoms with van der Waals surface area (Å²) in [6.07, 6.45) is 2.94. The van der Waals surface area contributed by atoms with Crippen LogP contribution < -0.4 is 5.32 Å². The first-order chi connectivity index (χ1) is 17.7. The van der Waals surface area contributed by atoms with E-state index in [1.807, 2.05) is 0 Å². The molecule has 1 N–H and O–H groups in total. The van der Waals surface area contributed by atoms with E-state index in [0.717, 1.165) is 32.4 Å². The number of nitrogens with one attached hydrogen (secondary N) is 1. The summed E-state index contributed by atoms with van der Waals surface area (Å²) in [5.41, 5.74) is 6.29. The zero-order valence-electron chi connectivity index (χ0n) is 21.2. The van der Waals surface area contributed by atoms with Crippen molar-refractivity contribution in [1.29, 1.82) is 0 Å². The van der Waals surface area contributed by atoms with E-state index in [2.05, 4.69) is 96.0 Å². The quantitative estimate of drug-likeness (QED) is 0.545. The van der Waals surface area contributed by atoms with Crippen molar-refractivity contribution in [3.63, 3.8) is 0 Å². The number of piperidine rings is 1. The summed E-state index contributed by atoms with van der Waals surface area (Å²) in [7, 11) is 0. The van der Waals surface area contributed by atoms with Crippen LogP contribution in [-0.2, 0) is 28.0 Å². The number of amides is 1. The van der Waals surface area contributed by atoms with Gasteiger partial charge in [0.1, 0.15) is 0 Å². The Kier molecular flexibility index (Phi) is 6.41. The van der Waals surface area contributed by atoms with Gasteiger partial charge in [-0.2, -0.15) is 0 Å². The monoisotopic (exact) mass is 480 g/mol. The molecule has 4 atom stereocenters. The van der Waals surface area contributed by atoms with Gasteiger partial charge in [-0.05, 0) is 53.0 Å². The molecule has 3 aliphatic rings. The molecule has 36 heavy (non-hydrogen) atoms. The number of hydrogen-bond donors (Lipinski definition) is 1. The number of hydrogen-bond acceptors (Lipinski definition) is 3. The number of ether oxygens (including phenoxy) is 1. The van der Waals surface area contributed by atoms with Crippen LogP contribution in [0.2, 0.25) is 0 Å². The fourth-order valence-electron chi connectivity index (χ4n) is 6.98. The summed E-state index contributed by atoms with van der Waals surface area (Å²) in [5.74, 6) is 0.615. The minimum Gasteiger partial charge on any atom is -0.376 e. The van der Waals surface area contributed by atoms with Gasteiger partial charge in [-0.1, -0.05) is 85.8 Å². The lowest BCUT2D eigenvalue weighted by Crippen LogP contribution is -2.52. The third-order valence-electron chi connectivity index (χ3n) is 8.89. The van der Waals surface area contributed by atoms with Crippen molar-refractivity contribution in [2.24, 2.45) is 5.92 Å². The molecule has 1 spiro atoms. The zero-order valence-corrected chi connectivity index (χ0v) is 21.2. The fraction of sp³-hybridized carbons (Fsp3) is 0.406. The summed E-state index contributed by atoms with van der Waals surface area (Å²) in [6.45, 7) is 5.74. The minimum absolute atomic E-state index is 0.0845. The maximum atomic E-state index is 14.5. The minimum atomic E-state index is -0.298. The Morgan fingerprint density at radius 2 is 1.75 bits per heavy atom. The van der Waals surface area contributed by atoms with Crippen LogP contribution in [0.4, 0.5) is 0 Å². The number of rotatable bonds is 4. The van der Waals surface area contributed by atoms with Gasteiger partial charge in [0.2, 0.25) is 5.91 Å². The SMILES string of the molecule is CCc1cccc2c1COC[C@]21CNC[C@H]1C(=O)N1CC[C@@H](c2ccccc2)C[C@H]1c1ccccc1. The molecule has 6 rings (SSSR count). The largest absolute Gasteiger partial charge is 0.376 e. The van der Waals surface area contributed by atoms with Gasteiger partial charge in [-0.15, -0.1) is 0 Å². The summed E-state index contributed by atoms with van der Waals surface area (Å²) in [6, 6.07) is 28.2. The van der Waals surface area contributed by atoms with E-state index >= 15 is 0 Å². The molecule has 0 bridgehead atoms. The highest BCUT2D eigenvalue weighted by atomic mass is 16.5. The molecule has 1 amide bonds. The summed E-state index contributed by atoms with van der Waals surface area (Å²) < 4.78 is 6.22. The van der Waals surface area contributed by atoms with Gasteiger partial charge in [0.25, 0.3) is 0 Å². The first-order valence-corrected chi connectivity index (χ1v) is 13.5. The summed E-state index contributed by atoms with van der Waals surface area (Å²) >= 11 is 0. The Morgan fingerprint density at radius 1 is 1.00 bits per heavy atom. The second kappa shape index (κ2) is 9.84. The van der Waals surface area contributed by atoms with Gasteiger partial charge in [-0.25, -0.2) is 0 Å². The zero-order chi connectivity index (χ0) is 24.5. The lowest BCUT2D eigenvalue weighted by Gasteiger charge is -2.45. The molecule has 3 aromatic rings. The Bertz CT molecular complexity index is 1210. The van der Waals surface area contributed by atoms with Gasteiger partial charge in [0.15, 0.2) is 0 Å². The number of aryl methyl sites for hydroxylation is 1. The highest BCUT2D eigenvalue weighted by molar-refractivity contribution is 5.82. The van der Waals surface area contributed by atoms with Crippen LogP contribution in [0.5, 0.6) is 0 Å². The van der Waals surface area contributed by atoms with Crippen LogP contribution in [0.1, 0.15) is 59.5 Å². The lowest BCUT2D eigenvalue weighted by molar-refractivity contribution is -0.142. The summed E-state index contributed by atoms with van der Waals surface area (Å²) in [5, 5.41) is 3.59. The van der Waals surface area contributed by atoms with E-state index in [1.165, 1.54) is 27.8 Å². The first kappa shape index (κ1) is 23.4. The van der Waals surface area contributed by atoms with Crippen molar-refractivity contribution >= 4 is 5.91 Å². The molecule has 0 aliphatic carbocycles. The standard InChI is InChI=1S/C32H36N2O2/c1-2-23-14-9-15-28-27(23)20-36-22-32(28)21-33-19-29(32)31(35)34-17-16-26(24-10-5-3-6-11-24)18-30(34)25-12-7-4-8-13-25/h3-15,26,29-30,33H,2,16-22H2,1H3/t26-,29+,30+,32-/m1/s1. The van der Waals surface area contributed by atoms with Gasteiger partial charge < -0.3 is 15.0 Å². The number of fused-ring (bicyclic) bond motifs is 2. The number of benzene rings is 3. The fourth-order valence-corrected chi connectivity index (χ4v) is 6.98. The number of carbonyl (C=O) groups excluding carboxylic acids is 1. The van der Waals surface area contributed by atoms with Crippen LogP contribution in [0.3, 0.4) is 0 Å².